The Bertz CT molecular complexity index is 1390. The van der Waals surface area contributed by atoms with Gasteiger partial charge in [-0.15, -0.1) is 0 Å². The Morgan fingerprint density at radius 2 is 2.00 bits per heavy atom. The number of fused-ring (bicyclic) bond motifs is 4. The van der Waals surface area contributed by atoms with E-state index in [1.807, 2.05) is 47.3 Å². The lowest BCUT2D eigenvalue weighted by molar-refractivity contribution is -0.119. The van der Waals surface area contributed by atoms with Crippen LogP contribution in [0.15, 0.2) is 59.1 Å². The van der Waals surface area contributed by atoms with Crippen molar-refractivity contribution in [2.45, 2.75) is 32.3 Å². The standard InChI is InChI=1S/C26H24N4O4/c1-16(31)27-14-21-15-29(26(32)33-21)20-9-10-22-17(11-20)6-4-7-19-13-28-30(25(19)22)24-12-18-5-2-3-8-23(18)34-24/h2-3,5,8-13,21H,4,6-7,14-15H2,1H3,(H,27,31)/t21-/m0/s1. The van der Waals surface area contributed by atoms with Gasteiger partial charge in [0, 0.05) is 29.6 Å². The van der Waals surface area contributed by atoms with Crippen LogP contribution >= 0.6 is 0 Å². The lowest BCUT2D eigenvalue weighted by atomic mass is 10.0. The largest absolute Gasteiger partial charge is 0.442 e. The summed E-state index contributed by atoms with van der Waals surface area (Å²) >= 11 is 0. The summed E-state index contributed by atoms with van der Waals surface area (Å²) in [6.45, 7) is 2.16. The van der Waals surface area contributed by atoms with Gasteiger partial charge >= 0.3 is 6.09 Å². The molecule has 0 spiro atoms. The second kappa shape index (κ2) is 8.06. The highest BCUT2D eigenvalue weighted by atomic mass is 16.6. The van der Waals surface area contributed by atoms with Crippen molar-refractivity contribution in [3.8, 4) is 17.1 Å². The molecular weight excluding hydrogens is 432 g/mol. The van der Waals surface area contributed by atoms with Crippen LogP contribution in [0.1, 0.15) is 24.5 Å². The highest BCUT2D eigenvalue weighted by Crippen LogP contribution is 2.37. The predicted molar refractivity (Wildman–Crippen MR) is 127 cm³/mol. The molecule has 2 aromatic carbocycles. The Labute approximate surface area is 196 Å². The fourth-order valence-electron chi connectivity index (χ4n) is 4.84. The first-order valence-corrected chi connectivity index (χ1v) is 11.5. The summed E-state index contributed by atoms with van der Waals surface area (Å²) in [6.07, 6.45) is 3.98. The molecule has 1 saturated heterocycles. The van der Waals surface area contributed by atoms with Crippen molar-refractivity contribution in [2.24, 2.45) is 0 Å². The van der Waals surface area contributed by atoms with Crippen LogP contribution in [-0.2, 0) is 22.4 Å². The Morgan fingerprint density at radius 3 is 2.85 bits per heavy atom. The van der Waals surface area contributed by atoms with E-state index in [0.29, 0.717) is 19.0 Å². The second-order valence-corrected chi connectivity index (χ2v) is 8.80. The molecule has 4 aromatic rings. The third-order valence-electron chi connectivity index (χ3n) is 6.47. The molecule has 172 valence electrons. The van der Waals surface area contributed by atoms with Gasteiger partial charge < -0.3 is 14.5 Å². The van der Waals surface area contributed by atoms with Crippen molar-refractivity contribution in [3.63, 3.8) is 0 Å². The summed E-state index contributed by atoms with van der Waals surface area (Å²) < 4.78 is 13.4. The van der Waals surface area contributed by atoms with Gasteiger partial charge in [0.2, 0.25) is 11.8 Å². The molecule has 1 aliphatic carbocycles. The first-order valence-electron chi connectivity index (χ1n) is 11.5. The van der Waals surface area contributed by atoms with Crippen LogP contribution in [0.25, 0.3) is 28.1 Å². The van der Waals surface area contributed by atoms with Gasteiger partial charge in [-0.25, -0.2) is 4.79 Å². The fourth-order valence-corrected chi connectivity index (χ4v) is 4.84. The molecule has 2 aromatic heterocycles. The summed E-state index contributed by atoms with van der Waals surface area (Å²) in [6, 6.07) is 16.0. The molecule has 2 amide bonds. The minimum Gasteiger partial charge on any atom is -0.442 e. The number of benzene rings is 2. The van der Waals surface area contributed by atoms with E-state index in [1.165, 1.54) is 12.5 Å². The van der Waals surface area contributed by atoms with E-state index in [-0.39, 0.29) is 12.0 Å². The van der Waals surface area contributed by atoms with Gasteiger partial charge in [0.25, 0.3) is 0 Å². The second-order valence-electron chi connectivity index (χ2n) is 8.80. The van der Waals surface area contributed by atoms with E-state index >= 15 is 0 Å². The Kier molecular flexibility index (Phi) is 4.86. The number of carbonyl (C=O) groups excluding carboxylic acids is 2. The number of furan rings is 1. The normalized spacial score (nSPS) is 17.3. The van der Waals surface area contributed by atoms with Crippen molar-refractivity contribution in [1.29, 1.82) is 0 Å². The molecular formula is C26H24N4O4. The number of ether oxygens (including phenoxy) is 1. The summed E-state index contributed by atoms with van der Waals surface area (Å²) in [5, 5.41) is 8.42. The van der Waals surface area contributed by atoms with Crippen LogP contribution in [0, 0.1) is 0 Å². The smallest absolute Gasteiger partial charge is 0.414 e. The zero-order chi connectivity index (χ0) is 23.2. The van der Waals surface area contributed by atoms with Crippen LogP contribution in [0.5, 0.6) is 0 Å². The maximum absolute atomic E-state index is 12.5. The lowest BCUT2D eigenvalue weighted by Crippen LogP contribution is -2.33. The van der Waals surface area contributed by atoms with E-state index < -0.39 is 6.09 Å². The summed E-state index contributed by atoms with van der Waals surface area (Å²) in [4.78, 5) is 25.4. The molecule has 34 heavy (non-hydrogen) atoms. The number of carbonyl (C=O) groups is 2. The number of para-hydroxylation sites is 1. The van der Waals surface area contributed by atoms with E-state index in [2.05, 4.69) is 22.5 Å². The molecule has 0 radical (unpaired) electrons. The molecule has 1 fully saturated rings. The zero-order valence-electron chi connectivity index (χ0n) is 18.8. The molecule has 1 N–H and O–H groups in total. The molecule has 8 heteroatoms. The average Bonchev–Trinajstić information content (AvgIpc) is 3.51. The maximum atomic E-state index is 12.5. The number of nitrogens with zero attached hydrogens (tertiary/aromatic N) is 3. The van der Waals surface area contributed by atoms with Crippen molar-refractivity contribution in [1.82, 2.24) is 15.1 Å². The summed E-state index contributed by atoms with van der Waals surface area (Å²) in [5.74, 6) is 0.541. The molecule has 6 rings (SSSR count). The number of hydrogen-bond donors (Lipinski definition) is 1. The summed E-state index contributed by atoms with van der Waals surface area (Å²) in [5.41, 5.74) is 6.09. The third-order valence-corrected chi connectivity index (χ3v) is 6.47. The molecule has 2 aliphatic rings. The predicted octanol–water partition coefficient (Wildman–Crippen LogP) is 4.24. The van der Waals surface area contributed by atoms with Crippen molar-refractivity contribution < 1.29 is 18.7 Å². The number of hydrogen-bond acceptors (Lipinski definition) is 5. The number of aryl methyl sites for hydroxylation is 2. The van der Waals surface area contributed by atoms with Crippen LogP contribution in [0.4, 0.5) is 10.5 Å². The van der Waals surface area contributed by atoms with Gasteiger partial charge in [-0.05, 0) is 48.6 Å². The van der Waals surface area contributed by atoms with Crippen LogP contribution in [0.2, 0.25) is 0 Å². The minimum atomic E-state index is -0.392. The van der Waals surface area contributed by atoms with Crippen LogP contribution < -0.4 is 10.2 Å². The third kappa shape index (κ3) is 3.51. The fraction of sp³-hybridized carbons (Fsp3) is 0.269. The maximum Gasteiger partial charge on any atom is 0.414 e. The van der Waals surface area contributed by atoms with Crippen molar-refractivity contribution in [3.05, 3.63) is 65.9 Å². The minimum absolute atomic E-state index is 0.142. The molecule has 0 bridgehead atoms. The SMILES string of the molecule is CC(=O)NC[C@H]1CN(c2ccc3c(c2)CCCc2cnn(-c4cc5ccccc5o4)c2-3)C(=O)O1. The summed E-state index contributed by atoms with van der Waals surface area (Å²) in [7, 11) is 0. The molecule has 0 unspecified atom stereocenters. The number of nitrogens with one attached hydrogen (secondary N) is 1. The van der Waals surface area contributed by atoms with Crippen LogP contribution in [-0.4, -0.2) is 41.0 Å². The van der Waals surface area contributed by atoms with Crippen molar-refractivity contribution in [2.75, 3.05) is 18.0 Å². The first-order chi connectivity index (χ1) is 16.6. The topological polar surface area (TPSA) is 89.6 Å². The zero-order valence-corrected chi connectivity index (χ0v) is 18.8. The van der Waals surface area contributed by atoms with E-state index in [0.717, 1.165) is 52.7 Å². The monoisotopic (exact) mass is 456 g/mol. The van der Waals surface area contributed by atoms with Gasteiger partial charge in [-0.1, -0.05) is 24.3 Å². The first kappa shape index (κ1) is 20.5. The highest BCUT2D eigenvalue weighted by Gasteiger charge is 2.33. The molecule has 8 nitrogen and oxygen atoms in total. The number of rotatable bonds is 4. The lowest BCUT2D eigenvalue weighted by Gasteiger charge is -2.17. The van der Waals surface area contributed by atoms with Crippen LogP contribution in [0.3, 0.4) is 0 Å². The van der Waals surface area contributed by atoms with E-state index in [9.17, 15) is 9.59 Å². The van der Waals surface area contributed by atoms with Gasteiger partial charge in [-0.2, -0.15) is 9.78 Å². The Morgan fingerprint density at radius 1 is 1.15 bits per heavy atom. The van der Waals surface area contributed by atoms with Gasteiger partial charge in [0.1, 0.15) is 11.7 Å². The number of amides is 2. The van der Waals surface area contributed by atoms with Gasteiger partial charge in [-0.3, -0.25) is 9.69 Å². The number of cyclic esters (lactones) is 1. The van der Waals surface area contributed by atoms with Gasteiger partial charge in [0.15, 0.2) is 0 Å². The Hall–Kier alpha value is -4.07. The van der Waals surface area contributed by atoms with Crippen molar-refractivity contribution >= 4 is 28.7 Å². The van der Waals surface area contributed by atoms with Gasteiger partial charge in [0.05, 0.1) is 25.0 Å². The van der Waals surface area contributed by atoms with E-state index in [1.54, 1.807) is 4.90 Å². The molecule has 1 atom stereocenters. The molecule has 1 aliphatic heterocycles. The highest BCUT2D eigenvalue weighted by molar-refractivity contribution is 5.91. The average molecular weight is 457 g/mol. The quantitative estimate of drug-likeness (QED) is 0.496. The Balaban J connectivity index is 1.35. The molecule has 0 saturated carbocycles. The van der Waals surface area contributed by atoms with E-state index in [4.69, 9.17) is 9.15 Å². The molecule has 3 heterocycles. The number of anilines is 1. The number of aromatic nitrogens is 2.